The molecule has 2 aliphatic heterocycles. The molecule has 0 saturated carbocycles. The molecule has 5 heterocycles. The summed E-state index contributed by atoms with van der Waals surface area (Å²) in [7, 11) is 0. The van der Waals surface area contributed by atoms with Gasteiger partial charge in [0, 0.05) is 49.6 Å². The Morgan fingerprint density at radius 2 is 0.563 bits per heavy atom. The topological polar surface area (TPSA) is 35.6 Å². The number of fused-ring (bicyclic) bond motifs is 10. The van der Waals surface area contributed by atoms with Crippen LogP contribution in [0.4, 0.5) is 0 Å². The zero-order valence-electron chi connectivity index (χ0n) is 61.0. The average molecular weight is 1330 g/mol. The van der Waals surface area contributed by atoms with Crippen LogP contribution in [0, 0.1) is 0 Å². The first-order chi connectivity index (χ1) is 49.6. The van der Waals surface area contributed by atoms with E-state index in [0.717, 1.165) is 72.7 Å². The molecular formula is C98H83BN4. The standard InChI is InChI=1S/C98H83BN4/c1-95(2,3)71-47-68(48-72(57-71)96(4,5)6)81-59-82(101-94(100-81)70-49-73(97(7,8)9)58-74(50-70)98(10,11)12)69-55-85-91-86(56-69)103-84-54-67(61-33-21-14-22-34-61)52-78(65-41-29-18-30-42-65)88(84)90-76(63-37-25-16-26-38-63)44-46-80(93(90)103)99(91)79-45-43-75(62-35-23-15-24-36-62)89-87-77(64-39-27-17-28-40-64)51-66(60-31-19-13-20-32-60)53-83(87)102(85)92(79)89/h13-59H,1-12H3. The van der Waals surface area contributed by atoms with Crippen LogP contribution in [0.15, 0.2) is 285 Å². The fraction of sp³-hybridized carbons (Fsp3) is 0.163. The molecule has 0 aliphatic carbocycles. The lowest BCUT2D eigenvalue weighted by molar-refractivity contribution is 0.568. The Morgan fingerprint density at radius 3 is 0.903 bits per heavy atom. The van der Waals surface area contributed by atoms with Gasteiger partial charge in [0.2, 0.25) is 0 Å². The normalized spacial score (nSPS) is 12.8. The first kappa shape index (κ1) is 63.8. The third-order valence-electron chi connectivity index (χ3n) is 22.1. The third kappa shape index (κ3) is 10.6. The largest absolute Gasteiger partial charge is 0.310 e. The monoisotopic (exact) mass is 1330 g/mol. The molecule has 0 atom stereocenters. The number of hydrogen-bond acceptors (Lipinski definition) is 2. The molecule has 13 aromatic carbocycles. The lowest BCUT2D eigenvalue weighted by Crippen LogP contribution is -2.59. The number of nitrogens with zero attached hydrogens (tertiary/aromatic N) is 4. The summed E-state index contributed by atoms with van der Waals surface area (Å²) < 4.78 is 5.38. The van der Waals surface area contributed by atoms with Crippen molar-refractivity contribution in [3.63, 3.8) is 0 Å². The van der Waals surface area contributed by atoms with Gasteiger partial charge in [-0.05, 0) is 194 Å². The molecule has 0 bridgehead atoms. The second kappa shape index (κ2) is 23.6. The molecule has 2 aliphatic rings. The van der Waals surface area contributed by atoms with Gasteiger partial charge in [0.15, 0.2) is 5.82 Å². The van der Waals surface area contributed by atoms with Gasteiger partial charge in [-0.2, -0.15) is 0 Å². The number of hydrogen-bond donors (Lipinski definition) is 0. The van der Waals surface area contributed by atoms with Crippen LogP contribution in [0.5, 0.6) is 0 Å². The molecule has 4 nitrogen and oxygen atoms in total. The lowest BCUT2D eigenvalue weighted by Gasteiger charge is -2.34. The van der Waals surface area contributed by atoms with Crippen molar-refractivity contribution < 1.29 is 0 Å². The highest BCUT2D eigenvalue weighted by Crippen LogP contribution is 2.51. The average Bonchev–Trinajstić information content (AvgIpc) is 1.53. The summed E-state index contributed by atoms with van der Waals surface area (Å²) in [5.74, 6) is 0.699. The van der Waals surface area contributed by atoms with Gasteiger partial charge in [0.25, 0.3) is 6.71 Å². The number of benzene rings is 13. The molecule has 0 spiro atoms. The summed E-state index contributed by atoms with van der Waals surface area (Å²) in [5, 5.41) is 4.93. The Hall–Kier alpha value is -11.4. The van der Waals surface area contributed by atoms with Crippen LogP contribution in [0.3, 0.4) is 0 Å². The van der Waals surface area contributed by atoms with E-state index in [9.17, 15) is 0 Å². The lowest BCUT2D eigenvalue weighted by atomic mass is 9.34. The number of rotatable bonds is 9. The van der Waals surface area contributed by atoms with Gasteiger partial charge in [-0.15, -0.1) is 0 Å². The first-order valence-corrected chi connectivity index (χ1v) is 36.6. The second-order valence-corrected chi connectivity index (χ2v) is 33.0. The minimum atomic E-state index is -0.196. The van der Waals surface area contributed by atoms with Crippen molar-refractivity contribution in [1.29, 1.82) is 0 Å². The summed E-state index contributed by atoms with van der Waals surface area (Å²) in [4.78, 5) is 11.9. The minimum Gasteiger partial charge on any atom is -0.310 e. The molecule has 0 radical (unpaired) electrons. The van der Waals surface area contributed by atoms with Gasteiger partial charge in [-0.25, -0.2) is 9.97 Å². The van der Waals surface area contributed by atoms with Crippen molar-refractivity contribution in [2.24, 2.45) is 0 Å². The maximum absolute atomic E-state index is 6.03. The Balaban J connectivity index is 1.06. The smallest absolute Gasteiger partial charge is 0.252 e. The van der Waals surface area contributed by atoms with E-state index in [-0.39, 0.29) is 28.4 Å². The van der Waals surface area contributed by atoms with E-state index in [1.807, 2.05) is 0 Å². The fourth-order valence-electron chi connectivity index (χ4n) is 16.6. The van der Waals surface area contributed by atoms with Crippen LogP contribution >= 0.6 is 0 Å². The maximum atomic E-state index is 6.03. The van der Waals surface area contributed by atoms with E-state index < -0.39 is 0 Å². The van der Waals surface area contributed by atoms with E-state index in [4.69, 9.17) is 9.97 Å². The van der Waals surface area contributed by atoms with Crippen LogP contribution < -0.4 is 16.4 Å². The molecule has 498 valence electrons. The predicted molar refractivity (Wildman–Crippen MR) is 439 cm³/mol. The Labute approximate surface area is 606 Å². The van der Waals surface area contributed by atoms with Crippen molar-refractivity contribution in [2.75, 3.05) is 0 Å². The fourth-order valence-corrected chi connectivity index (χ4v) is 16.6. The minimum absolute atomic E-state index is 0.139. The predicted octanol–water partition coefficient (Wildman–Crippen LogP) is 24.0. The molecule has 18 rings (SSSR count). The van der Waals surface area contributed by atoms with Gasteiger partial charge in [-0.3, -0.25) is 0 Å². The van der Waals surface area contributed by atoms with Crippen LogP contribution in [0.25, 0.3) is 156 Å². The van der Waals surface area contributed by atoms with E-state index in [1.165, 1.54) is 116 Å². The van der Waals surface area contributed by atoms with E-state index in [0.29, 0.717) is 5.82 Å². The van der Waals surface area contributed by atoms with Gasteiger partial charge in [-0.1, -0.05) is 301 Å². The molecule has 3 aromatic heterocycles. The van der Waals surface area contributed by atoms with Crippen molar-refractivity contribution in [3.8, 4) is 112 Å². The zero-order chi connectivity index (χ0) is 70.6. The Kier molecular flexibility index (Phi) is 14.6. The van der Waals surface area contributed by atoms with Crippen LogP contribution in [-0.4, -0.2) is 25.8 Å². The summed E-state index contributed by atoms with van der Waals surface area (Å²) in [5.41, 5.74) is 34.2. The van der Waals surface area contributed by atoms with Crippen molar-refractivity contribution in [2.45, 2.75) is 105 Å². The summed E-state index contributed by atoms with van der Waals surface area (Å²) in [6.45, 7) is 27.7. The molecule has 0 N–H and O–H groups in total. The second-order valence-electron chi connectivity index (χ2n) is 33.0. The highest BCUT2D eigenvalue weighted by molar-refractivity contribution is 7.00. The van der Waals surface area contributed by atoms with Crippen LogP contribution in [-0.2, 0) is 21.7 Å². The van der Waals surface area contributed by atoms with Crippen molar-refractivity contribution >= 4 is 66.7 Å². The van der Waals surface area contributed by atoms with E-state index in [1.54, 1.807) is 0 Å². The zero-order valence-corrected chi connectivity index (χ0v) is 61.0. The first-order valence-electron chi connectivity index (χ1n) is 36.6. The van der Waals surface area contributed by atoms with Gasteiger partial charge in [0.05, 0.1) is 33.5 Å². The summed E-state index contributed by atoms with van der Waals surface area (Å²) in [6.07, 6.45) is 0. The highest BCUT2D eigenvalue weighted by Gasteiger charge is 2.43. The van der Waals surface area contributed by atoms with Gasteiger partial charge >= 0.3 is 0 Å². The highest BCUT2D eigenvalue weighted by atomic mass is 15.0. The Morgan fingerprint density at radius 1 is 0.252 bits per heavy atom. The molecule has 0 unspecified atom stereocenters. The quantitative estimate of drug-likeness (QED) is 0.135. The molecular weight excluding hydrogens is 1240 g/mol. The SMILES string of the molecule is CC(C)(C)c1cc(-c2cc(-c3cc4c5c(c3)-n3c6cc(-c7ccccc7)cc(-c7ccccc7)c6c6c(-c7ccccc7)ccc(c63)B5c3ccc(-c5ccccc5)c5c6c(-c7ccccc7)cc(-c7ccccc7)cc6n-4c35)nc(-c3cc(C(C)(C)C)cc(C(C)(C)C)c3)n2)cc(C(C)(C)C)c1. The molecule has 0 saturated heterocycles. The van der Waals surface area contributed by atoms with Crippen molar-refractivity contribution in [3.05, 3.63) is 307 Å². The Bertz CT molecular complexity index is 5660. The van der Waals surface area contributed by atoms with Gasteiger partial charge in [0.1, 0.15) is 0 Å². The maximum Gasteiger partial charge on any atom is 0.252 e. The van der Waals surface area contributed by atoms with Gasteiger partial charge < -0.3 is 9.13 Å². The molecule has 16 aromatic rings. The van der Waals surface area contributed by atoms with Crippen LogP contribution in [0.2, 0.25) is 0 Å². The third-order valence-corrected chi connectivity index (χ3v) is 22.1. The summed E-state index contributed by atoms with van der Waals surface area (Å²) in [6, 6.07) is 108. The molecule has 0 amide bonds. The van der Waals surface area contributed by atoms with Crippen molar-refractivity contribution in [1.82, 2.24) is 19.1 Å². The van der Waals surface area contributed by atoms with E-state index in [2.05, 4.69) is 377 Å². The molecule has 5 heteroatoms. The van der Waals surface area contributed by atoms with Crippen LogP contribution in [0.1, 0.15) is 105 Å². The molecule has 103 heavy (non-hydrogen) atoms. The summed E-state index contributed by atoms with van der Waals surface area (Å²) >= 11 is 0. The van der Waals surface area contributed by atoms with E-state index >= 15 is 0 Å². The number of aromatic nitrogens is 4. The molecule has 0 fully saturated rings.